The lowest BCUT2D eigenvalue weighted by Crippen LogP contribution is -2.47. The largest absolute Gasteiger partial charge is 0.382 e. The number of carbonyl (C=O) groups excluding carboxylic acids is 2. The molecule has 0 aromatic heterocycles. The molecule has 6 rings (SSSR count). The van der Waals surface area contributed by atoms with Gasteiger partial charge in [0.15, 0.2) is 0 Å². The van der Waals surface area contributed by atoms with Crippen molar-refractivity contribution >= 4 is 28.9 Å². The summed E-state index contributed by atoms with van der Waals surface area (Å²) < 4.78 is 15.3. The number of hydrogen-bond donors (Lipinski definition) is 2. The fourth-order valence-electron chi connectivity index (χ4n) is 6.66. The molecule has 1 fully saturated rings. The van der Waals surface area contributed by atoms with E-state index in [1.165, 1.54) is 18.9 Å². The molecule has 0 radical (unpaired) electrons. The minimum Gasteiger partial charge on any atom is -0.382 e. The van der Waals surface area contributed by atoms with E-state index in [2.05, 4.69) is 17.6 Å². The van der Waals surface area contributed by atoms with Gasteiger partial charge in [-0.1, -0.05) is 74.4 Å². The quantitative estimate of drug-likeness (QED) is 0.233. The maximum Gasteiger partial charge on any atom is 0.262 e. The molecule has 2 atom stereocenters. The fraction of sp³-hybridized carbons (Fsp3) is 0.297. The minimum atomic E-state index is -0.642. The first kappa shape index (κ1) is 28.7. The van der Waals surface area contributed by atoms with E-state index in [1.54, 1.807) is 24.0 Å². The van der Waals surface area contributed by atoms with Gasteiger partial charge >= 0.3 is 0 Å². The minimum absolute atomic E-state index is 0.0264. The number of aryl methyl sites for hydroxylation is 2. The van der Waals surface area contributed by atoms with Gasteiger partial charge in [-0.15, -0.1) is 0 Å². The van der Waals surface area contributed by atoms with Gasteiger partial charge in [0.2, 0.25) is 5.91 Å². The normalized spacial score (nSPS) is 18.3. The molecular weight excluding hydrogens is 537 g/mol. The Hall–Kier alpha value is -4.45. The van der Waals surface area contributed by atoms with E-state index in [-0.39, 0.29) is 11.5 Å². The predicted octanol–water partition coefficient (Wildman–Crippen LogP) is 8.25. The lowest BCUT2D eigenvalue weighted by molar-refractivity contribution is -0.120. The molecule has 2 N–H and O–H groups in total. The van der Waals surface area contributed by atoms with Gasteiger partial charge in [0, 0.05) is 23.1 Å². The van der Waals surface area contributed by atoms with Crippen LogP contribution in [0.5, 0.6) is 0 Å². The molecule has 5 nitrogen and oxygen atoms in total. The Morgan fingerprint density at radius 3 is 2.37 bits per heavy atom. The SMILES string of the molecule is CCc1cccc(NC(=O)[C@H]2Cc3ccccc3N(C(=O)c3c(C)cccc3F)[C@H]2c2ccc(NC3CCCC3)cc2)c1. The zero-order chi connectivity index (χ0) is 29.9. The van der Waals surface area contributed by atoms with Crippen LogP contribution in [0.3, 0.4) is 0 Å². The number of carbonyl (C=O) groups is 2. The molecule has 2 amide bonds. The second-order valence-corrected chi connectivity index (χ2v) is 11.8. The zero-order valence-electron chi connectivity index (χ0n) is 24.8. The van der Waals surface area contributed by atoms with Crippen LogP contribution in [0.15, 0.2) is 91.0 Å². The van der Waals surface area contributed by atoms with Gasteiger partial charge in [-0.05, 0) is 91.3 Å². The maximum atomic E-state index is 15.3. The number of halogens is 1. The van der Waals surface area contributed by atoms with Crippen LogP contribution in [0.2, 0.25) is 0 Å². The molecule has 1 aliphatic heterocycles. The lowest BCUT2D eigenvalue weighted by Gasteiger charge is -2.42. The van der Waals surface area contributed by atoms with E-state index < -0.39 is 23.7 Å². The van der Waals surface area contributed by atoms with Crippen molar-refractivity contribution in [2.24, 2.45) is 5.92 Å². The van der Waals surface area contributed by atoms with Crippen molar-refractivity contribution in [3.8, 4) is 0 Å². The Balaban J connectivity index is 1.44. The van der Waals surface area contributed by atoms with Crippen molar-refractivity contribution in [2.75, 3.05) is 15.5 Å². The first-order valence-corrected chi connectivity index (χ1v) is 15.4. The van der Waals surface area contributed by atoms with E-state index in [4.69, 9.17) is 0 Å². The molecule has 4 aromatic rings. The molecule has 1 heterocycles. The summed E-state index contributed by atoms with van der Waals surface area (Å²) in [5.41, 5.74) is 5.86. The molecule has 2 aliphatic rings. The van der Waals surface area contributed by atoms with E-state index >= 15 is 4.39 Å². The smallest absolute Gasteiger partial charge is 0.262 e. The van der Waals surface area contributed by atoms with Crippen molar-refractivity contribution in [1.29, 1.82) is 0 Å². The van der Waals surface area contributed by atoms with E-state index in [1.807, 2.05) is 72.8 Å². The van der Waals surface area contributed by atoms with E-state index in [0.29, 0.717) is 23.7 Å². The molecular formula is C37H38FN3O2. The Labute approximate surface area is 253 Å². The van der Waals surface area contributed by atoms with Crippen molar-refractivity contribution in [1.82, 2.24) is 0 Å². The van der Waals surface area contributed by atoms with Crippen molar-refractivity contribution in [3.05, 3.63) is 125 Å². The summed E-state index contributed by atoms with van der Waals surface area (Å²) in [4.78, 5) is 30.2. The highest BCUT2D eigenvalue weighted by atomic mass is 19.1. The molecule has 220 valence electrons. The summed E-state index contributed by atoms with van der Waals surface area (Å²) in [7, 11) is 0. The number of nitrogens with one attached hydrogen (secondary N) is 2. The third kappa shape index (κ3) is 5.92. The lowest BCUT2D eigenvalue weighted by atomic mass is 9.80. The number of benzene rings is 4. The second kappa shape index (κ2) is 12.4. The standard InChI is InChI=1S/C37H38FN3O2/c1-3-25-11-9-15-30(22-25)40-36(42)31-23-27-12-4-7-17-33(27)41(37(43)34-24(2)10-8-16-32(34)38)35(31)26-18-20-29(21-19-26)39-28-13-5-6-14-28/h4,7-12,15-22,28,31,35,39H,3,5-6,13-14,23H2,1-2H3,(H,40,42)/t31-,35-/m0/s1. The van der Waals surface area contributed by atoms with Crippen LogP contribution in [0.4, 0.5) is 21.5 Å². The first-order chi connectivity index (χ1) is 20.9. The Morgan fingerprint density at radius 2 is 1.63 bits per heavy atom. The van der Waals surface area contributed by atoms with Crippen molar-refractivity contribution in [2.45, 2.75) is 64.5 Å². The molecule has 0 unspecified atom stereocenters. The highest BCUT2D eigenvalue weighted by Gasteiger charge is 2.43. The summed E-state index contributed by atoms with van der Waals surface area (Å²) in [5, 5.41) is 6.76. The molecule has 0 spiro atoms. The Morgan fingerprint density at radius 1 is 0.884 bits per heavy atom. The number of hydrogen-bond acceptors (Lipinski definition) is 3. The number of anilines is 3. The van der Waals surface area contributed by atoms with Gasteiger partial charge in [0.1, 0.15) is 5.82 Å². The summed E-state index contributed by atoms with van der Waals surface area (Å²) in [6.45, 7) is 3.82. The van der Waals surface area contributed by atoms with Crippen LogP contribution in [0.1, 0.15) is 71.3 Å². The van der Waals surface area contributed by atoms with Crippen LogP contribution in [0, 0.1) is 18.7 Å². The molecule has 4 aromatic carbocycles. The summed E-state index contributed by atoms with van der Waals surface area (Å²) in [5.74, 6) is -1.80. The molecule has 1 saturated carbocycles. The van der Waals surface area contributed by atoms with Gasteiger partial charge in [0.05, 0.1) is 17.5 Å². The molecule has 0 saturated heterocycles. The van der Waals surface area contributed by atoms with E-state index in [9.17, 15) is 9.59 Å². The van der Waals surface area contributed by atoms with Gasteiger partial charge in [-0.3, -0.25) is 14.5 Å². The van der Waals surface area contributed by atoms with Crippen molar-refractivity contribution in [3.63, 3.8) is 0 Å². The summed E-state index contributed by atoms with van der Waals surface area (Å²) in [6, 6.07) is 28.1. The van der Waals surface area contributed by atoms with Gasteiger partial charge in [0.25, 0.3) is 5.91 Å². The number of rotatable bonds is 7. The fourth-order valence-corrected chi connectivity index (χ4v) is 6.66. The van der Waals surface area contributed by atoms with Crippen molar-refractivity contribution < 1.29 is 14.0 Å². The zero-order valence-corrected chi connectivity index (χ0v) is 24.8. The average molecular weight is 576 g/mol. The number of para-hydroxylation sites is 1. The third-order valence-corrected chi connectivity index (χ3v) is 8.92. The number of amides is 2. The maximum absolute atomic E-state index is 15.3. The molecule has 6 heteroatoms. The van der Waals surface area contributed by atoms with E-state index in [0.717, 1.165) is 47.3 Å². The highest BCUT2D eigenvalue weighted by Crippen LogP contribution is 2.44. The van der Waals surface area contributed by atoms with Crippen LogP contribution in [-0.2, 0) is 17.6 Å². The highest BCUT2D eigenvalue weighted by molar-refractivity contribution is 6.09. The molecule has 0 bridgehead atoms. The van der Waals surface area contributed by atoms with Crippen LogP contribution in [0.25, 0.3) is 0 Å². The Kier molecular flexibility index (Phi) is 8.28. The topological polar surface area (TPSA) is 61.4 Å². The van der Waals surface area contributed by atoms with Crippen LogP contribution >= 0.6 is 0 Å². The molecule has 1 aliphatic carbocycles. The Bertz CT molecular complexity index is 1610. The van der Waals surface area contributed by atoms with Crippen LogP contribution < -0.4 is 15.5 Å². The van der Waals surface area contributed by atoms with Gasteiger partial charge in [-0.25, -0.2) is 4.39 Å². The third-order valence-electron chi connectivity index (χ3n) is 8.92. The predicted molar refractivity (Wildman–Crippen MR) is 171 cm³/mol. The molecule has 43 heavy (non-hydrogen) atoms. The van der Waals surface area contributed by atoms with Crippen LogP contribution in [-0.4, -0.2) is 17.9 Å². The number of nitrogens with zero attached hydrogens (tertiary/aromatic N) is 1. The summed E-state index contributed by atoms with van der Waals surface area (Å²) in [6.07, 6.45) is 6.10. The first-order valence-electron chi connectivity index (χ1n) is 15.4. The number of fused-ring (bicyclic) bond motifs is 1. The van der Waals surface area contributed by atoms with Gasteiger partial charge in [-0.2, -0.15) is 0 Å². The summed E-state index contributed by atoms with van der Waals surface area (Å²) >= 11 is 0. The average Bonchev–Trinajstić information content (AvgIpc) is 3.53. The van der Waals surface area contributed by atoms with Gasteiger partial charge < -0.3 is 10.6 Å². The second-order valence-electron chi connectivity index (χ2n) is 11.8. The monoisotopic (exact) mass is 575 g/mol.